The number of aromatic nitrogens is 2. The summed E-state index contributed by atoms with van der Waals surface area (Å²) in [7, 11) is 0. The molecular formula is C16H17N3O4. The van der Waals surface area contributed by atoms with Gasteiger partial charge < -0.3 is 14.5 Å². The van der Waals surface area contributed by atoms with Gasteiger partial charge in [-0.15, -0.1) is 0 Å². The Kier molecular flexibility index (Phi) is 4.10. The summed E-state index contributed by atoms with van der Waals surface area (Å²) in [6, 6.07) is 6.89. The minimum atomic E-state index is -0.843. The Morgan fingerprint density at radius 1 is 1.30 bits per heavy atom. The standard InChI is InChI=1S/C16H17N3O4/c1-10-17-14(23-18-10)11-4-6-12(7-5-11)15(20)19-8-2-3-13(9-19)16(21)22/h4-7,13H,2-3,8-9H2,1H3,(H,21,22)/t13-/m0/s1. The van der Waals surface area contributed by atoms with Crippen LogP contribution < -0.4 is 0 Å². The van der Waals surface area contributed by atoms with Crippen LogP contribution in [-0.4, -0.2) is 45.1 Å². The van der Waals surface area contributed by atoms with Crippen LogP contribution in [0.2, 0.25) is 0 Å². The quantitative estimate of drug-likeness (QED) is 0.930. The van der Waals surface area contributed by atoms with Crippen molar-refractivity contribution in [3.63, 3.8) is 0 Å². The average molecular weight is 315 g/mol. The third kappa shape index (κ3) is 3.23. The number of amides is 1. The molecular weight excluding hydrogens is 298 g/mol. The summed E-state index contributed by atoms with van der Waals surface area (Å²) in [5, 5.41) is 12.8. The average Bonchev–Trinajstić information content (AvgIpc) is 3.01. The second-order valence-corrected chi connectivity index (χ2v) is 5.65. The van der Waals surface area contributed by atoms with E-state index < -0.39 is 11.9 Å². The maximum absolute atomic E-state index is 12.5. The van der Waals surface area contributed by atoms with Gasteiger partial charge in [0.1, 0.15) is 0 Å². The third-order valence-corrected chi connectivity index (χ3v) is 3.96. The zero-order valence-corrected chi connectivity index (χ0v) is 12.7. The third-order valence-electron chi connectivity index (χ3n) is 3.96. The first-order chi connectivity index (χ1) is 11.0. The van der Waals surface area contributed by atoms with Crippen molar-refractivity contribution in [3.8, 4) is 11.5 Å². The van der Waals surface area contributed by atoms with E-state index in [4.69, 9.17) is 9.63 Å². The number of benzene rings is 1. The Morgan fingerprint density at radius 3 is 2.65 bits per heavy atom. The molecule has 1 aliphatic rings. The lowest BCUT2D eigenvalue weighted by molar-refractivity contribution is -0.143. The van der Waals surface area contributed by atoms with E-state index in [1.807, 2.05) is 0 Å². The number of carbonyl (C=O) groups excluding carboxylic acids is 1. The first-order valence-corrected chi connectivity index (χ1v) is 7.47. The van der Waals surface area contributed by atoms with Gasteiger partial charge in [0.05, 0.1) is 5.92 Å². The highest BCUT2D eigenvalue weighted by Gasteiger charge is 2.28. The van der Waals surface area contributed by atoms with Gasteiger partial charge in [-0.3, -0.25) is 9.59 Å². The first kappa shape index (κ1) is 15.2. The molecule has 0 spiro atoms. The molecule has 1 aromatic carbocycles. The van der Waals surface area contributed by atoms with Crippen molar-refractivity contribution in [3.05, 3.63) is 35.7 Å². The molecule has 0 radical (unpaired) electrons. The van der Waals surface area contributed by atoms with E-state index in [2.05, 4.69) is 10.1 Å². The molecule has 1 atom stereocenters. The van der Waals surface area contributed by atoms with Crippen LogP contribution in [0.4, 0.5) is 0 Å². The van der Waals surface area contributed by atoms with Crippen LogP contribution in [0.1, 0.15) is 29.0 Å². The lowest BCUT2D eigenvalue weighted by Crippen LogP contribution is -2.42. The van der Waals surface area contributed by atoms with E-state index in [1.165, 1.54) is 0 Å². The zero-order chi connectivity index (χ0) is 16.4. The molecule has 1 aromatic heterocycles. The monoisotopic (exact) mass is 315 g/mol. The number of hydrogen-bond donors (Lipinski definition) is 1. The van der Waals surface area contributed by atoms with Crippen molar-refractivity contribution in [1.29, 1.82) is 0 Å². The van der Waals surface area contributed by atoms with Crippen LogP contribution in [0, 0.1) is 12.8 Å². The van der Waals surface area contributed by atoms with Crippen LogP contribution in [0.25, 0.3) is 11.5 Å². The van der Waals surface area contributed by atoms with Gasteiger partial charge in [-0.1, -0.05) is 5.16 Å². The fraction of sp³-hybridized carbons (Fsp3) is 0.375. The molecule has 0 bridgehead atoms. The van der Waals surface area contributed by atoms with Crippen LogP contribution in [0.3, 0.4) is 0 Å². The van der Waals surface area contributed by atoms with Crippen molar-refractivity contribution in [2.75, 3.05) is 13.1 Å². The molecule has 0 saturated carbocycles. The van der Waals surface area contributed by atoms with Crippen molar-refractivity contribution in [1.82, 2.24) is 15.0 Å². The zero-order valence-electron chi connectivity index (χ0n) is 12.7. The minimum Gasteiger partial charge on any atom is -0.481 e. The van der Waals surface area contributed by atoms with Crippen molar-refractivity contribution in [2.45, 2.75) is 19.8 Å². The number of piperidine rings is 1. The number of carbonyl (C=O) groups is 2. The number of rotatable bonds is 3. The Labute approximate surface area is 132 Å². The maximum atomic E-state index is 12.5. The molecule has 0 unspecified atom stereocenters. The fourth-order valence-corrected chi connectivity index (χ4v) is 2.72. The van der Waals surface area contributed by atoms with Gasteiger partial charge >= 0.3 is 5.97 Å². The summed E-state index contributed by atoms with van der Waals surface area (Å²) >= 11 is 0. The van der Waals surface area contributed by atoms with Crippen molar-refractivity contribution >= 4 is 11.9 Å². The predicted molar refractivity (Wildman–Crippen MR) is 80.7 cm³/mol. The van der Waals surface area contributed by atoms with Crippen LogP contribution in [-0.2, 0) is 4.79 Å². The lowest BCUT2D eigenvalue weighted by atomic mass is 9.97. The summed E-state index contributed by atoms with van der Waals surface area (Å²) in [4.78, 5) is 29.3. The second kappa shape index (κ2) is 6.20. The number of hydrogen-bond acceptors (Lipinski definition) is 5. The molecule has 0 aliphatic carbocycles. The Hall–Kier alpha value is -2.70. The van der Waals surface area contributed by atoms with E-state index in [1.54, 1.807) is 36.1 Å². The van der Waals surface area contributed by atoms with E-state index in [0.29, 0.717) is 36.7 Å². The predicted octanol–water partition coefficient (Wildman–Crippen LogP) is 1.98. The molecule has 1 amide bonds. The molecule has 7 nitrogen and oxygen atoms in total. The SMILES string of the molecule is Cc1noc(-c2ccc(C(=O)N3CCC[C@H](C(=O)O)C3)cc2)n1. The number of likely N-dealkylation sites (tertiary alicyclic amines) is 1. The Balaban J connectivity index is 1.74. The van der Waals surface area contributed by atoms with Gasteiger partial charge in [-0.2, -0.15) is 4.98 Å². The normalized spacial score (nSPS) is 18.0. The van der Waals surface area contributed by atoms with E-state index in [9.17, 15) is 9.59 Å². The topological polar surface area (TPSA) is 96.5 Å². The number of nitrogens with zero attached hydrogens (tertiary/aromatic N) is 3. The molecule has 23 heavy (non-hydrogen) atoms. The van der Waals surface area contributed by atoms with E-state index in [0.717, 1.165) is 5.56 Å². The van der Waals surface area contributed by atoms with E-state index in [-0.39, 0.29) is 12.5 Å². The molecule has 1 aliphatic heterocycles. The van der Waals surface area contributed by atoms with Gasteiger partial charge in [-0.05, 0) is 44.0 Å². The van der Waals surface area contributed by atoms with Gasteiger partial charge in [0.25, 0.3) is 11.8 Å². The summed E-state index contributed by atoms with van der Waals surface area (Å²) in [5.74, 6) is -0.513. The number of aliphatic carboxylic acids is 1. The highest BCUT2D eigenvalue weighted by Crippen LogP contribution is 2.21. The molecule has 7 heteroatoms. The van der Waals surface area contributed by atoms with Crippen molar-refractivity contribution in [2.24, 2.45) is 5.92 Å². The smallest absolute Gasteiger partial charge is 0.308 e. The Morgan fingerprint density at radius 2 is 2.04 bits per heavy atom. The maximum Gasteiger partial charge on any atom is 0.308 e. The Bertz CT molecular complexity index is 723. The molecule has 2 heterocycles. The van der Waals surface area contributed by atoms with E-state index >= 15 is 0 Å². The van der Waals surface area contributed by atoms with Gasteiger partial charge in [0.15, 0.2) is 5.82 Å². The molecule has 1 N–H and O–H groups in total. The van der Waals surface area contributed by atoms with Gasteiger partial charge in [-0.25, -0.2) is 0 Å². The summed E-state index contributed by atoms with van der Waals surface area (Å²) in [6.45, 7) is 2.59. The molecule has 1 saturated heterocycles. The number of carboxylic acid groups (broad SMARTS) is 1. The van der Waals surface area contributed by atoms with Crippen LogP contribution in [0.5, 0.6) is 0 Å². The number of aryl methyl sites for hydroxylation is 1. The minimum absolute atomic E-state index is 0.149. The molecule has 3 rings (SSSR count). The fourth-order valence-electron chi connectivity index (χ4n) is 2.72. The molecule has 1 fully saturated rings. The van der Waals surface area contributed by atoms with Gasteiger partial charge in [0, 0.05) is 24.2 Å². The van der Waals surface area contributed by atoms with Crippen LogP contribution >= 0.6 is 0 Å². The summed E-state index contributed by atoms with van der Waals surface area (Å²) in [5.41, 5.74) is 1.26. The largest absolute Gasteiger partial charge is 0.481 e. The lowest BCUT2D eigenvalue weighted by Gasteiger charge is -2.30. The van der Waals surface area contributed by atoms with Gasteiger partial charge in [0.2, 0.25) is 0 Å². The number of carboxylic acids is 1. The first-order valence-electron chi connectivity index (χ1n) is 7.47. The summed E-state index contributed by atoms with van der Waals surface area (Å²) < 4.78 is 5.09. The molecule has 2 aromatic rings. The highest BCUT2D eigenvalue weighted by atomic mass is 16.5. The van der Waals surface area contributed by atoms with Crippen molar-refractivity contribution < 1.29 is 19.2 Å². The summed E-state index contributed by atoms with van der Waals surface area (Å²) in [6.07, 6.45) is 1.33. The highest BCUT2D eigenvalue weighted by molar-refractivity contribution is 5.95. The second-order valence-electron chi connectivity index (χ2n) is 5.65. The van der Waals surface area contributed by atoms with Crippen LogP contribution in [0.15, 0.2) is 28.8 Å². The molecule has 120 valence electrons.